The highest BCUT2D eigenvalue weighted by Crippen LogP contribution is 2.32. The summed E-state index contributed by atoms with van der Waals surface area (Å²) in [6, 6.07) is 14.9. The molecule has 1 atom stereocenters. The Morgan fingerprint density at radius 2 is 1.96 bits per heavy atom. The molecule has 1 aliphatic heterocycles. The van der Waals surface area contributed by atoms with Crippen LogP contribution in [0.5, 0.6) is 0 Å². The second-order valence-electron chi connectivity index (χ2n) is 5.90. The Morgan fingerprint density at radius 1 is 1.16 bits per heavy atom. The van der Waals surface area contributed by atoms with Crippen molar-refractivity contribution in [1.29, 1.82) is 0 Å². The van der Waals surface area contributed by atoms with E-state index in [-0.39, 0.29) is 18.2 Å². The zero-order chi connectivity index (χ0) is 17.2. The minimum absolute atomic E-state index is 0.144. The molecule has 2 amide bonds. The molecule has 0 saturated heterocycles. The molecule has 6 heteroatoms. The van der Waals surface area contributed by atoms with Crippen LogP contribution in [0.25, 0.3) is 5.69 Å². The predicted molar refractivity (Wildman–Crippen MR) is 94.6 cm³/mol. The Bertz CT molecular complexity index is 917. The van der Waals surface area contributed by atoms with Crippen LogP contribution in [0.4, 0.5) is 11.4 Å². The largest absolute Gasteiger partial charge is 0.326 e. The van der Waals surface area contributed by atoms with Gasteiger partial charge < -0.3 is 15.2 Å². The number of para-hydroxylation sites is 1. The van der Waals surface area contributed by atoms with Gasteiger partial charge in [-0.3, -0.25) is 9.59 Å². The number of carbonyl (C=O) groups is 2. The van der Waals surface area contributed by atoms with Crippen LogP contribution >= 0.6 is 0 Å². The van der Waals surface area contributed by atoms with Gasteiger partial charge in [0, 0.05) is 35.9 Å². The van der Waals surface area contributed by atoms with Gasteiger partial charge in [0.05, 0.1) is 12.2 Å². The van der Waals surface area contributed by atoms with Crippen LogP contribution in [0.15, 0.2) is 67.3 Å². The van der Waals surface area contributed by atoms with Crippen LogP contribution in [-0.4, -0.2) is 21.4 Å². The first-order chi connectivity index (χ1) is 12.2. The normalized spacial score (nSPS) is 16.0. The zero-order valence-electron chi connectivity index (χ0n) is 13.3. The van der Waals surface area contributed by atoms with Gasteiger partial charge in [-0.05, 0) is 35.9 Å². The number of nitrogens with one attached hydrogen (secondary N) is 2. The molecule has 0 radical (unpaired) electrons. The van der Waals surface area contributed by atoms with Gasteiger partial charge in [0.15, 0.2) is 0 Å². The Morgan fingerprint density at radius 3 is 2.72 bits per heavy atom. The summed E-state index contributed by atoms with van der Waals surface area (Å²) < 4.78 is 1.88. The van der Waals surface area contributed by atoms with Gasteiger partial charge in [0.2, 0.25) is 11.8 Å². The van der Waals surface area contributed by atoms with Crippen molar-refractivity contribution in [3.63, 3.8) is 0 Å². The van der Waals surface area contributed by atoms with Crippen molar-refractivity contribution in [2.45, 2.75) is 12.3 Å². The molecule has 1 unspecified atom stereocenters. The predicted octanol–water partition coefficient (Wildman–Crippen LogP) is 2.94. The molecule has 2 N–H and O–H groups in total. The topological polar surface area (TPSA) is 76.0 Å². The molecule has 1 aromatic heterocycles. The first kappa shape index (κ1) is 15.1. The lowest BCUT2D eigenvalue weighted by Crippen LogP contribution is -2.30. The first-order valence-electron chi connectivity index (χ1n) is 7.99. The number of fused-ring (bicyclic) bond motifs is 1. The van der Waals surface area contributed by atoms with Gasteiger partial charge in [-0.1, -0.05) is 18.2 Å². The summed E-state index contributed by atoms with van der Waals surface area (Å²) in [5, 5.41) is 5.71. The van der Waals surface area contributed by atoms with Crippen molar-refractivity contribution >= 4 is 23.2 Å². The van der Waals surface area contributed by atoms with E-state index in [4.69, 9.17) is 0 Å². The summed E-state index contributed by atoms with van der Waals surface area (Å²) >= 11 is 0. The maximum atomic E-state index is 12.7. The maximum absolute atomic E-state index is 12.7. The van der Waals surface area contributed by atoms with Crippen molar-refractivity contribution in [2.75, 3.05) is 10.6 Å². The van der Waals surface area contributed by atoms with Crippen molar-refractivity contribution in [3.8, 4) is 5.69 Å². The molecule has 0 aliphatic carbocycles. The number of benzene rings is 2. The van der Waals surface area contributed by atoms with Gasteiger partial charge in [-0.2, -0.15) is 0 Å². The van der Waals surface area contributed by atoms with Gasteiger partial charge in [-0.15, -0.1) is 0 Å². The molecule has 0 saturated carbocycles. The van der Waals surface area contributed by atoms with Crippen LogP contribution in [0.3, 0.4) is 0 Å². The summed E-state index contributed by atoms with van der Waals surface area (Å²) in [6.07, 6.45) is 5.42. The van der Waals surface area contributed by atoms with Crippen LogP contribution in [-0.2, 0) is 9.59 Å². The lowest BCUT2D eigenvalue weighted by atomic mass is 9.90. The lowest BCUT2D eigenvalue weighted by molar-refractivity contribution is -0.123. The van der Waals surface area contributed by atoms with E-state index in [1.165, 1.54) is 0 Å². The third-order valence-corrected chi connectivity index (χ3v) is 4.25. The minimum Gasteiger partial charge on any atom is -0.326 e. The highest BCUT2D eigenvalue weighted by atomic mass is 16.2. The van der Waals surface area contributed by atoms with Crippen molar-refractivity contribution < 1.29 is 9.59 Å². The standard InChI is InChI=1S/C19H16N4O2/c24-18-11-16(15-3-1-2-4-17(15)22-18)19(25)21-13-5-7-14(8-6-13)23-10-9-20-12-23/h1-10,12,16H,11H2,(H,21,25)(H,22,24). The highest BCUT2D eigenvalue weighted by molar-refractivity contribution is 6.05. The number of anilines is 2. The van der Waals surface area contributed by atoms with Crippen molar-refractivity contribution in [2.24, 2.45) is 0 Å². The average molecular weight is 332 g/mol. The van der Waals surface area contributed by atoms with Crippen LogP contribution < -0.4 is 10.6 Å². The zero-order valence-corrected chi connectivity index (χ0v) is 13.3. The molecule has 0 spiro atoms. The number of rotatable bonds is 3. The summed E-state index contributed by atoms with van der Waals surface area (Å²) in [7, 11) is 0. The fraction of sp³-hybridized carbons (Fsp3) is 0.105. The van der Waals surface area contributed by atoms with E-state index in [0.717, 1.165) is 11.3 Å². The van der Waals surface area contributed by atoms with Crippen LogP contribution in [0.2, 0.25) is 0 Å². The lowest BCUT2D eigenvalue weighted by Gasteiger charge is -2.24. The summed E-state index contributed by atoms with van der Waals surface area (Å²) in [4.78, 5) is 28.6. The van der Waals surface area contributed by atoms with E-state index in [1.54, 1.807) is 12.5 Å². The second-order valence-corrected chi connectivity index (χ2v) is 5.90. The molecule has 3 aromatic rings. The number of hydrogen-bond acceptors (Lipinski definition) is 3. The molecule has 0 fully saturated rings. The van der Waals surface area contributed by atoms with Crippen molar-refractivity contribution in [1.82, 2.24) is 9.55 Å². The van der Waals surface area contributed by atoms with E-state index in [2.05, 4.69) is 15.6 Å². The smallest absolute Gasteiger partial charge is 0.232 e. The minimum atomic E-state index is -0.488. The summed E-state index contributed by atoms with van der Waals surface area (Å²) in [5.41, 5.74) is 3.19. The number of imidazole rings is 1. The van der Waals surface area contributed by atoms with Gasteiger partial charge in [-0.25, -0.2) is 4.98 Å². The van der Waals surface area contributed by atoms with Crippen LogP contribution in [0, 0.1) is 0 Å². The molecule has 6 nitrogen and oxygen atoms in total. The van der Waals surface area contributed by atoms with Gasteiger partial charge >= 0.3 is 0 Å². The van der Waals surface area contributed by atoms with Gasteiger partial charge in [0.1, 0.15) is 0 Å². The average Bonchev–Trinajstić information content (AvgIpc) is 3.16. The Hall–Kier alpha value is -3.41. The molecule has 2 heterocycles. The SMILES string of the molecule is O=C1CC(C(=O)Nc2ccc(-n3ccnc3)cc2)c2ccccc2N1. The Balaban J connectivity index is 1.53. The van der Waals surface area contributed by atoms with E-state index in [9.17, 15) is 9.59 Å². The number of nitrogens with zero attached hydrogens (tertiary/aromatic N) is 2. The molecular weight excluding hydrogens is 316 g/mol. The number of carbonyl (C=O) groups excluding carboxylic acids is 2. The van der Waals surface area contributed by atoms with Gasteiger partial charge in [0.25, 0.3) is 0 Å². The molecule has 25 heavy (non-hydrogen) atoms. The molecular formula is C19H16N4O2. The fourth-order valence-electron chi connectivity index (χ4n) is 3.00. The number of hydrogen-bond donors (Lipinski definition) is 2. The number of amides is 2. The quantitative estimate of drug-likeness (QED) is 0.774. The van der Waals surface area contributed by atoms with Crippen LogP contribution in [0.1, 0.15) is 17.9 Å². The Kier molecular flexibility index (Phi) is 3.78. The van der Waals surface area contributed by atoms with E-state index < -0.39 is 5.92 Å². The molecule has 1 aliphatic rings. The van der Waals surface area contributed by atoms with E-state index in [1.807, 2.05) is 59.3 Å². The maximum Gasteiger partial charge on any atom is 0.232 e. The summed E-state index contributed by atoms with van der Waals surface area (Å²) in [5.74, 6) is -0.815. The first-order valence-corrected chi connectivity index (χ1v) is 7.99. The number of aromatic nitrogens is 2. The second kappa shape index (κ2) is 6.24. The molecule has 4 rings (SSSR count). The fourth-order valence-corrected chi connectivity index (χ4v) is 3.00. The third-order valence-electron chi connectivity index (χ3n) is 4.25. The monoisotopic (exact) mass is 332 g/mol. The molecule has 2 aromatic carbocycles. The van der Waals surface area contributed by atoms with E-state index in [0.29, 0.717) is 11.4 Å². The summed E-state index contributed by atoms with van der Waals surface area (Å²) in [6.45, 7) is 0. The third kappa shape index (κ3) is 3.01. The highest BCUT2D eigenvalue weighted by Gasteiger charge is 2.30. The van der Waals surface area contributed by atoms with E-state index >= 15 is 0 Å². The Labute approximate surface area is 144 Å². The molecule has 0 bridgehead atoms. The molecule has 124 valence electrons. The van der Waals surface area contributed by atoms with Crippen molar-refractivity contribution in [3.05, 3.63) is 72.8 Å².